The van der Waals surface area contributed by atoms with E-state index in [4.69, 9.17) is 21.1 Å². The number of rotatable bonds is 8. The Labute approximate surface area is 307 Å². The van der Waals surface area contributed by atoms with Gasteiger partial charge < -0.3 is 14.4 Å². The van der Waals surface area contributed by atoms with Gasteiger partial charge in [-0.2, -0.15) is 0 Å². The van der Waals surface area contributed by atoms with Crippen LogP contribution in [0.2, 0.25) is 5.02 Å². The lowest BCUT2D eigenvalue weighted by Gasteiger charge is -2.44. The molecular formula is C43H36ClN3O5. The number of methoxy groups -OCH3 is 1. The number of amides is 4. The van der Waals surface area contributed by atoms with Crippen molar-refractivity contribution in [1.29, 1.82) is 0 Å². The monoisotopic (exact) mass is 709 g/mol. The summed E-state index contributed by atoms with van der Waals surface area (Å²) in [5.41, 5.74) is 7.21. The van der Waals surface area contributed by atoms with Crippen molar-refractivity contribution in [1.82, 2.24) is 5.32 Å². The molecule has 0 aliphatic carbocycles. The van der Waals surface area contributed by atoms with Crippen LogP contribution in [0.25, 0.3) is 6.08 Å². The van der Waals surface area contributed by atoms with Crippen molar-refractivity contribution < 1.29 is 23.9 Å². The van der Waals surface area contributed by atoms with E-state index in [1.54, 1.807) is 37.4 Å². The van der Waals surface area contributed by atoms with Gasteiger partial charge in [0.05, 0.1) is 12.8 Å². The molecule has 0 spiro atoms. The third kappa shape index (κ3) is 6.31. The van der Waals surface area contributed by atoms with Crippen LogP contribution in [0, 0.1) is 0 Å². The normalized spacial score (nSPS) is 19.0. The third-order valence-corrected chi connectivity index (χ3v) is 10.4. The first-order valence-corrected chi connectivity index (χ1v) is 17.7. The van der Waals surface area contributed by atoms with E-state index in [-0.39, 0.29) is 24.0 Å². The molecule has 5 aromatic rings. The zero-order chi connectivity index (χ0) is 35.8. The predicted molar refractivity (Wildman–Crippen MR) is 202 cm³/mol. The summed E-state index contributed by atoms with van der Waals surface area (Å²) in [5, 5.41) is 3.01. The summed E-state index contributed by atoms with van der Waals surface area (Å²) >= 11 is 6.19. The van der Waals surface area contributed by atoms with Gasteiger partial charge in [0.15, 0.2) is 0 Å². The van der Waals surface area contributed by atoms with Gasteiger partial charge in [0.2, 0.25) is 0 Å². The molecule has 260 valence electrons. The standard InChI is InChI=1S/C43H36ClN3O5/c1-51-33-16-15-30(39(25-33)52-26-27-9-8-14-31(44)21-27)22-38-41(48)45-43(50)47(42(38)49)32-23-36-34(28-10-4-2-5-11-28)17-19-46-20-18-35(37(24-32)40(36)46)29-12-6-3-7-13-29/h2-16,21-25,34-35H,17-20,26H2,1H3,(H,45,48,50)/b38-22+/t34-,35-/m0/s1. The number of urea groups is 1. The number of nitrogens with one attached hydrogen (secondary N) is 1. The Morgan fingerprint density at radius 2 is 1.44 bits per heavy atom. The number of halogens is 1. The van der Waals surface area contributed by atoms with Crippen molar-refractivity contribution in [2.45, 2.75) is 31.3 Å². The second-order valence-electron chi connectivity index (χ2n) is 13.2. The van der Waals surface area contributed by atoms with Crippen molar-refractivity contribution in [3.05, 3.63) is 159 Å². The number of anilines is 2. The highest BCUT2D eigenvalue weighted by atomic mass is 35.5. The minimum atomic E-state index is -0.789. The van der Waals surface area contributed by atoms with Crippen LogP contribution in [0.1, 0.15) is 58.1 Å². The minimum absolute atomic E-state index is 0.0683. The van der Waals surface area contributed by atoms with Crippen LogP contribution < -0.4 is 24.6 Å². The maximum Gasteiger partial charge on any atom is 0.335 e. The van der Waals surface area contributed by atoms with Crippen LogP contribution in [-0.4, -0.2) is 38.0 Å². The molecule has 0 unspecified atom stereocenters. The quantitative estimate of drug-likeness (QED) is 0.129. The number of carbonyl (C=O) groups excluding carboxylic acids is 3. The molecule has 8 nitrogen and oxygen atoms in total. The van der Waals surface area contributed by atoms with Crippen LogP contribution in [0.5, 0.6) is 11.5 Å². The highest BCUT2D eigenvalue weighted by Gasteiger charge is 2.40. The molecule has 5 aromatic carbocycles. The Balaban J connectivity index is 1.22. The molecule has 3 heterocycles. The maximum absolute atomic E-state index is 14.4. The highest BCUT2D eigenvalue weighted by Crippen LogP contribution is 2.50. The molecule has 3 aliphatic rings. The van der Waals surface area contributed by atoms with Gasteiger partial charge in [-0.3, -0.25) is 14.9 Å². The second-order valence-corrected chi connectivity index (χ2v) is 13.7. The first-order valence-electron chi connectivity index (χ1n) is 17.4. The van der Waals surface area contributed by atoms with E-state index in [9.17, 15) is 14.4 Å². The van der Waals surface area contributed by atoms with Crippen LogP contribution in [0.15, 0.2) is 121 Å². The van der Waals surface area contributed by atoms with E-state index in [1.165, 1.54) is 22.9 Å². The number of benzene rings is 5. The van der Waals surface area contributed by atoms with Gasteiger partial charge in [-0.25, -0.2) is 9.69 Å². The van der Waals surface area contributed by atoms with E-state index in [1.807, 2.05) is 60.7 Å². The molecule has 1 fully saturated rings. The van der Waals surface area contributed by atoms with Crippen LogP contribution in [0.4, 0.5) is 16.2 Å². The molecule has 9 heteroatoms. The smallest absolute Gasteiger partial charge is 0.335 e. The molecule has 52 heavy (non-hydrogen) atoms. The average Bonchev–Trinajstić information content (AvgIpc) is 3.16. The van der Waals surface area contributed by atoms with Gasteiger partial charge >= 0.3 is 6.03 Å². The van der Waals surface area contributed by atoms with Crippen molar-refractivity contribution in [2.75, 3.05) is 30.0 Å². The number of barbiturate groups is 1. The largest absolute Gasteiger partial charge is 0.497 e. The van der Waals surface area contributed by atoms with Crippen molar-refractivity contribution >= 4 is 46.9 Å². The Morgan fingerprint density at radius 1 is 0.788 bits per heavy atom. The lowest BCUT2D eigenvalue weighted by atomic mass is 9.76. The first-order chi connectivity index (χ1) is 25.4. The Kier molecular flexibility index (Phi) is 8.99. The Hall–Kier alpha value is -5.86. The summed E-state index contributed by atoms with van der Waals surface area (Å²) in [6, 6.07) is 36.3. The third-order valence-electron chi connectivity index (χ3n) is 10.2. The summed E-state index contributed by atoms with van der Waals surface area (Å²) < 4.78 is 11.6. The molecule has 1 saturated heterocycles. The maximum atomic E-state index is 14.4. The number of nitrogens with zero attached hydrogens (tertiary/aromatic N) is 2. The molecule has 2 atom stereocenters. The molecule has 4 amide bonds. The van der Waals surface area contributed by atoms with Gasteiger partial charge in [0, 0.05) is 47.3 Å². The number of hydrogen-bond donors (Lipinski definition) is 1. The topological polar surface area (TPSA) is 88.2 Å². The van der Waals surface area contributed by atoms with Crippen LogP contribution in [-0.2, 0) is 16.2 Å². The van der Waals surface area contributed by atoms with Crippen molar-refractivity contribution in [3.8, 4) is 11.5 Å². The SMILES string of the molecule is COc1ccc(/C=C2\C(=O)NC(=O)N(c3cc4c5c(c3)[C@H](c3ccccc3)CCN5CC[C@H]4c3ccccc3)C2=O)c(OCc2cccc(Cl)c2)c1. The Bertz CT molecular complexity index is 2150. The molecule has 3 aliphatic heterocycles. The zero-order valence-corrected chi connectivity index (χ0v) is 29.3. The number of imide groups is 2. The fourth-order valence-electron chi connectivity index (χ4n) is 7.69. The van der Waals surface area contributed by atoms with Gasteiger partial charge in [-0.1, -0.05) is 84.4 Å². The molecule has 0 saturated carbocycles. The second kappa shape index (κ2) is 14.0. The molecule has 0 radical (unpaired) electrons. The number of hydrogen-bond acceptors (Lipinski definition) is 6. The number of ether oxygens (including phenoxy) is 2. The zero-order valence-electron chi connectivity index (χ0n) is 28.6. The number of carbonyl (C=O) groups is 3. The van der Waals surface area contributed by atoms with Gasteiger partial charge in [0.1, 0.15) is 23.7 Å². The molecule has 1 N–H and O–H groups in total. The molecule has 8 rings (SSSR count). The van der Waals surface area contributed by atoms with Crippen molar-refractivity contribution in [3.63, 3.8) is 0 Å². The fraction of sp³-hybridized carbons (Fsp3) is 0.186. The first kappa shape index (κ1) is 33.3. The lowest BCUT2D eigenvalue weighted by molar-refractivity contribution is -0.122. The van der Waals surface area contributed by atoms with E-state index in [0.717, 1.165) is 47.5 Å². The van der Waals surface area contributed by atoms with E-state index >= 15 is 0 Å². The van der Waals surface area contributed by atoms with Crippen molar-refractivity contribution in [2.24, 2.45) is 0 Å². The van der Waals surface area contributed by atoms with E-state index in [0.29, 0.717) is 27.8 Å². The summed E-state index contributed by atoms with van der Waals surface area (Å²) in [5.74, 6) is -0.424. The summed E-state index contributed by atoms with van der Waals surface area (Å²) in [6.07, 6.45) is 3.26. The van der Waals surface area contributed by atoms with Crippen LogP contribution >= 0.6 is 11.6 Å². The fourth-order valence-corrected chi connectivity index (χ4v) is 7.90. The molecule has 0 bridgehead atoms. The molecular weight excluding hydrogens is 674 g/mol. The van der Waals surface area contributed by atoms with Gasteiger partial charge in [0.25, 0.3) is 11.8 Å². The summed E-state index contributed by atoms with van der Waals surface area (Å²) in [4.78, 5) is 45.0. The average molecular weight is 710 g/mol. The highest BCUT2D eigenvalue weighted by molar-refractivity contribution is 6.39. The van der Waals surface area contributed by atoms with Gasteiger partial charge in [-0.05, 0) is 83.1 Å². The Morgan fingerprint density at radius 3 is 2.06 bits per heavy atom. The van der Waals surface area contributed by atoms with Gasteiger partial charge in [-0.15, -0.1) is 0 Å². The van der Waals surface area contributed by atoms with E-state index < -0.39 is 17.8 Å². The molecule has 0 aromatic heterocycles. The van der Waals surface area contributed by atoms with Crippen LogP contribution in [0.3, 0.4) is 0 Å². The van der Waals surface area contributed by atoms with E-state index in [2.05, 4.69) is 34.5 Å². The summed E-state index contributed by atoms with van der Waals surface area (Å²) in [7, 11) is 1.55. The predicted octanol–water partition coefficient (Wildman–Crippen LogP) is 8.47. The summed E-state index contributed by atoms with van der Waals surface area (Å²) in [6.45, 7) is 2.01. The minimum Gasteiger partial charge on any atom is -0.497 e. The lowest BCUT2D eigenvalue weighted by Crippen LogP contribution is -2.54.